The van der Waals surface area contributed by atoms with E-state index >= 15 is 0 Å². The summed E-state index contributed by atoms with van der Waals surface area (Å²) >= 11 is 0. The molecule has 100 valence electrons. The number of nitriles is 1. The van der Waals surface area contributed by atoms with Crippen LogP contribution in [0.5, 0.6) is 0 Å². The standard InChI is InChI=1S/C12H11F3N4/c1-2-5-19-10-4-3-8(7-16)6-9(10)17-11(18-19)12(13,14)15/h3-4,6H,2,5H2,1H3,(H,17,18). The lowest BCUT2D eigenvalue weighted by Crippen LogP contribution is -2.50. The Morgan fingerprint density at radius 3 is 2.74 bits per heavy atom. The Bertz CT molecular complexity index is 557. The summed E-state index contributed by atoms with van der Waals surface area (Å²) in [6.07, 6.45) is -3.87. The summed E-state index contributed by atoms with van der Waals surface area (Å²) < 4.78 is 38.2. The van der Waals surface area contributed by atoms with Gasteiger partial charge in [-0.2, -0.15) is 18.4 Å². The first-order valence-electron chi connectivity index (χ1n) is 5.70. The van der Waals surface area contributed by atoms with Gasteiger partial charge in [-0.1, -0.05) is 6.92 Å². The third kappa shape index (κ3) is 2.62. The van der Waals surface area contributed by atoms with Crippen LogP contribution in [-0.2, 0) is 0 Å². The van der Waals surface area contributed by atoms with Gasteiger partial charge in [0.15, 0.2) is 0 Å². The molecule has 0 radical (unpaired) electrons. The average Bonchev–Trinajstić information content (AvgIpc) is 2.37. The fourth-order valence-corrected chi connectivity index (χ4v) is 1.77. The predicted octanol–water partition coefficient (Wildman–Crippen LogP) is 2.89. The number of aliphatic imine (C=N–C) groups is 1. The monoisotopic (exact) mass is 268 g/mol. The minimum absolute atomic E-state index is 0.151. The molecule has 1 aliphatic rings. The predicted molar refractivity (Wildman–Crippen MR) is 65.1 cm³/mol. The van der Waals surface area contributed by atoms with Crippen LogP contribution in [0.3, 0.4) is 0 Å². The van der Waals surface area contributed by atoms with Crippen molar-refractivity contribution < 1.29 is 13.2 Å². The van der Waals surface area contributed by atoms with Crippen LogP contribution < -0.4 is 10.4 Å². The number of anilines is 1. The lowest BCUT2D eigenvalue weighted by Gasteiger charge is -2.32. The molecule has 7 heteroatoms. The van der Waals surface area contributed by atoms with Crippen molar-refractivity contribution in [1.29, 1.82) is 5.26 Å². The number of nitrogens with one attached hydrogen (secondary N) is 1. The van der Waals surface area contributed by atoms with Crippen molar-refractivity contribution in [1.82, 2.24) is 5.43 Å². The molecule has 4 nitrogen and oxygen atoms in total. The van der Waals surface area contributed by atoms with E-state index < -0.39 is 12.0 Å². The molecule has 0 saturated heterocycles. The number of nitrogens with zero attached hydrogens (tertiary/aromatic N) is 3. The molecule has 0 aromatic heterocycles. The maximum atomic E-state index is 12.7. The van der Waals surface area contributed by atoms with Gasteiger partial charge in [0, 0.05) is 6.54 Å². The maximum absolute atomic E-state index is 12.7. The highest BCUT2D eigenvalue weighted by atomic mass is 19.4. The molecule has 0 spiro atoms. The highest BCUT2D eigenvalue weighted by molar-refractivity contribution is 5.95. The summed E-state index contributed by atoms with van der Waals surface area (Å²) in [6.45, 7) is 2.28. The van der Waals surface area contributed by atoms with Gasteiger partial charge < -0.3 is 0 Å². The molecule has 0 unspecified atom stereocenters. The second-order valence-corrected chi connectivity index (χ2v) is 4.04. The molecule has 0 amide bonds. The van der Waals surface area contributed by atoms with E-state index in [0.29, 0.717) is 18.7 Å². The number of hydrazine groups is 1. The van der Waals surface area contributed by atoms with Crippen LogP contribution >= 0.6 is 0 Å². The molecule has 1 N–H and O–H groups in total. The van der Waals surface area contributed by atoms with Crippen LogP contribution in [0.2, 0.25) is 0 Å². The minimum atomic E-state index is -4.55. The van der Waals surface area contributed by atoms with E-state index in [4.69, 9.17) is 5.26 Å². The average molecular weight is 268 g/mol. The summed E-state index contributed by atoms with van der Waals surface area (Å²) in [4.78, 5) is 3.55. The highest BCUT2D eigenvalue weighted by Crippen LogP contribution is 2.34. The topological polar surface area (TPSA) is 51.4 Å². The van der Waals surface area contributed by atoms with Gasteiger partial charge in [0.1, 0.15) is 0 Å². The molecule has 19 heavy (non-hydrogen) atoms. The van der Waals surface area contributed by atoms with Gasteiger partial charge in [0.25, 0.3) is 0 Å². The number of amidine groups is 1. The normalized spacial score (nSPS) is 14.3. The molecule has 1 heterocycles. The molecule has 0 bridgehead atoms. The first-order chi connectivity index (χ1) is 8.95. The molecule has 1 aromatic carbocycles. The van der Waals surface area contributed by atoms with E-state index in [-0.39, 0.29) is 11.3 Å². The molecule has 0 saturated carbocycles. The molecule has 1 aromatic rings. The maximum Gasteiger partial charge on any atom is 0.450 e. The molecular weight excluding hydrogens is 257 g/mol. The van der Waals surface area contributed by atoms with Gasteiger partial charge in [0.2, 0.25) is 5.84 Å². The van der Waals surface area contributed by atoms with Crippen LogP contribution in [0.1, 0.15) is 18.9 Å². The van der Waals surface area contributed by atoms with Crippen LogP contribution in [0.15, 0.2) is 23.2 Å². The zero-order valence-corrected chi connectivity index (χ0v) is 10.1. The largest absolute Gasteiger partial charge is 0.450 e. The number of alkyl halides is 3. The molecule has 0 fully saturated rings. The Kier molecular flexibility index (Phi) is 3.34. The highest BCUT2D eigenvalue weighted by Gasteiger charge is 2.39. The number of hydrogen-bond acceptors (Lipinski definition) is 4. The molecular formula is C12H11F3N4. The number of benzene rings is 1. The van der Waals surface area contributed by atoms with E-state index in [0.717, 1.165) is 0 Å². The first kappa shape index (κ1) is 13.2. The summed E-state index contributed by atoms with van der Waals surface area (Å²) in [6, 6.07) is 6.38. The zero-order chi connectivity index (χ0) is 14.0. The van der Waals surface area contributed by atoms with E-state index in [2.05, 4.69) is 10.4 Å². The number of fused-ring (bicyclic) bond motifs is 1. The Morgan fingerprint density at radius 1 is 1.42 bits per heavy atom. The summed E-state index contributed by atoms with van der Waals surface area (Å²) in [5.41, 5.74) is 3.23. The van der Waals surface area contributed by atoms with Gasteiger partial charge >= 0.3 is 6.18 Å². The Hall–Kier alpha value is -2.23. The van der Waals surface area contributed by atoms with Crippen molar-refractivity contribution in [3.63, 3.8) is 0 Å². The number of halogens is 3. The van der Waals surface area contributed by atoms with Crippen molar-refractivity contribution in [2.75, 3.05) is 11.6 Å². The molecule has 0 atom stereocenters. The lowest BCUT2D eigenvalue weighted by atomic mass is 10.1. The van der Waals surface area contributed by atoms with Crippen molar-refractivity contribution in [3.8, 4) is 6.07 Å². The second kappa shape index (κ2) is 4.80. The molecule has 0 aliphatic carbocycles. The Balaban J connectivity index is 2.50. The van der Waals surface area contributed by atoms with E-state index in [1.807, 2.05) is 13.0 Å². The Labute approximate surface area is 108 Å². The summed E-state index contributed by atoms with van der Waals surface area (Å²) in [5.74, 6) is -1.07. The molecule has 1 aliphatic heterocycles. The smallest absolute Gasteiger partial charge is 0.284 e. The zero-order valence-electron chi connectivity index (χ0n) is 10.1. The van der Waals surface area contributed by atoms with Crippen molar-refractivity contribution in [3.05, 3.63) is 23.8 Å². The van der Waals surface area contributed by atoms with Crippen LogP contribution in [0.4, 0.5) is 24.5 Å². The fourth-order valence-electron chi connectivity index (χ4n) is 1.77. The van der Waals surface area contributed by atoms with Gasteiger partial charge in [-0.05, 0) is 24.6 Å². The summed E-state index contributed by atoms with van der Waals surface area (Å²) in [5, 5.41) is 10.2. The van der Waals surface area contributed by atoms with Gasteiger partial charge in [-0.15, -0.1) is 0 Å². The van der Waals surface area contributed by atoms with E-state index in [1.165, 1.54) is 11.1 Å². The SMILES string of the molecule is CCCN1NC(C(F)(F)F)=Nc2cc(C#N)ccc21. The van der Waals surface area contributed by atoms with Crippen molar-refractivity contribution >= 4 is 17.2 Å². The quantitative estimate of drug-likeness (QED) is 0.897. The van der Waals surface area contributed by atoms with E-state index in [9.17, 15) is 13.2 Å². The van der Waals surface area contributed by atoms with Gasteiger partial charge in [-0.25, -0.2) is 4.99 Å². The lowest BCUT2D eigenvalue weighted by molar-refractivity contribution is -0.0620. The molecule has 2 rings (SSSR count). The second-order valence-electron chi connectivity index (χ2n) is 4.04. The minimum Gasteiger partial charge on any atom is -0.284 e. The van der Waals surface area contributed by atoms with Gasteiger partial charge in [0.05, 0.1) is 23.0 Å². The van der Waals surface area contributed by atoms with Crippen molar-refractivity contribution in [2.24, 2.45) is 4.99 Å². The van der Waals surface area contributed by atoms with E-state index in [1.54, 1.807) is 12.1 Å². The van der Waals surface area contributed by atoms with Crippen LogP contribution in [-0.4, -0.2) is 18.6 Å². The number of rotatable bonds is 2. The Morgan fingerprint density at radius 2 is 2.16 bits per heavy atom. The van der Waals surface area contributed by atoms with Crippen molar-refractivity contribution in [2.45, 2.75) is 19.5 Å². The first-order valence-corrected chi connectivity index (χ1v) is 5.70. The van der Waals surface area contributed by atoms with Crippen LogP contribution in [0, 0.1) is 11.3 Å². The number of hydrogen-bond donors (Lipinski definition) is 1. The third-order valence-electron chi connectivity index (χ3n) is 2.58. The summed E-state index contributed by atoms with van der Waals surface area (Å²) in [7, 11) is 0. The fraction of sp³-hybridized carbons (Fsp3) is 0.333. The van der Waals surface area contributed by atoms with Crippen LogP contribution in [0.25, 0.3) is 0 Å². The van der Waals surface area contributed by atoms with Gasteiger partial charge in [-0.3, -0.25) is 10.4 Å². The third-order valence-corrected chi connectivity index (χ3v) is 2.58.